The van der Waals surface area contributed by atoms with Crippen LogP contribution in [-0.2, 0) is 12.4 Å². The number of pyridine rings is 1. The molecule has 4 rings (SSSR count). The average Bonchev–Trinajstić information content (AvgIpc) is 3.15. The summed E-state index contributed by atoms with van der Waals surface area (Å²) in [4.78, 5) is 16.8. The number of nitrogens with zero attached hydrogens (tertiary/aromatic N) is 2. The number of nitrogens with one attached hydrogen (secondary N) is 2. The average molecular weight is 543 g/mol. The van der Waals surface area contributed by atoms with Crippen LogP contribution < -0.4 is 10.6 Å². The number of urea groups is 1. The molecular formula is C22H13BrF6N4O. The molecule has 5 nitrogen and oxygen atoms in total. The summed E-state index contributed by atoms with van der Waals surface area (Å²) in [5.74, 6) is 0. The maximum absolute atomic E-state index is 13.0. The van der Waals surface area contributed by atoms with Gasteiger partial charge >= 0.3 is 18.4 Å². The molecule has 0 saturated heterocycles. The van der Waals surface area contributed by atoms with Crippen LogP contribution in [0.5, 0.6) is 0 Å². The number of carbonyl (C=O) groups excluding carboxylic acids is 1. The molecule has 0 unspecified atom stereocenters. The normalized spacial score (nSPS) is 12.1. The fourth-order valence-electron chi connectivity index (χ4n) is 3.18. The molecule has 2 aromatic heterocycles. The van der Waals surface area contributed by atoms with Crippen molar-refractivity contribution in [1.29, 1.82) is 0 Å². The number of halogens is 7. The van der Waals surface area contributed by atoms with E-state index in [9.17, 15) is 31.1 Å². The number of imidazole rings is 1. The number of anilines is 2. The Bertz CT molecular complexity index is 1350. The highest BCUT2D eigenvalue weighted by Gasteiger charge is 2.37. The fraction of sp³-hybridized carbons (Fsp3) is 0.0909. The zero-order valence-electron chi connectivity index (χ0n) is 16.8. The van der Waals surface area contributed by atoms with Crippen molar-refractivity contribution in [3.8, 4) is 11.3 Å². The maximum atomic E-state index is 13.0. The maximum Gasteiger partial charge on any atom is 0.416 e. The predicted octanol–water partition coefficient (Wildman–Crippen LogP) is 7.45. The zero-order valence-corrected chi connectivity index (χ0v) is 18.4. The van der Waals surface area contributed by atoms with Gasteiger partial charge in [0.15, 0.2) is 0 Å². The molecule has 0 bridgehead atoms. The van der Waals surface area contributed by atoms with Crippen molar-refractivity contribution in [2.75, 3.05) is 10.6 Å². The molecule has 0 aliphatic carbocycles. The van der Waals surface area contributed by atoms with Gasteiger partial charge < -0.3 is 15.0 Å². The van der Waals surface area contributed by atoms with Crippen LogP contribution in [0.4, 0.5) is 42.5 Å². The molecule has 4 aromatic rings. The SMILES string of the molecule is O=C(Nc1cccc(-c2cn3cc(Br)ccc3n2)c1)Nc1cc(C(F)(F)F)cc(C(F)(F)F)c1. The zero-order chi connectivity index (χ0) is 24.7. The number of hydrogen-bond acceptors (Lipinski definition) is 2. The Morgan fingerprint density at radius 2 is 1.47 bits per heavy atom. The number of benzene rings is 2. The van der Waals surface area contributed by atoms with Crippen LogP contribution in [0.1, 0.15) is 11.1 Å². The Morgan fingerprint density at radius 1 is 0.824 bits per heavy atom. The molecule has 0 radical (unpaired) electrons. The molecule has 12 heteroatoms. The summed E-state index contributed by atoms with van der Waals surface area (Å²) in [6.45, 7) is 0. The molecule has 0 fully saturated rings. The lowest BCUT2D eigenvalue weighted by atomic mass is 10.1. The van der Waals surface area contributed by atoms with E-state index in [2.05, 4.69) is 26.2 Å². The van der Waals surface area contributed by atoms with Gasteiger partial charge in [0.25, 0.3) is 0 Å². The molecule has 34 heavy (non-hydrogen) atoms. The highest BCUT2D eigenvalue weighted by molar-refractivity contribution is 9.10. The molecule has 0 spiro atoms. The second-order valence-electron chi connectivity index (χ2n) is 7.19. The Morgan fingerprint density at radius 3 is 2.12 bits per heavy atom. The van der Waals surface area contributed by atoms with E-state index in [-0.39, 0.29) is 11.8 Å². The summed E-state index contributed by atoms with van der Waals surface area (Å²) in [5, 5.41) is 4.43. The molecular weight excluding hydrogens is 530 g/mol. The Labute approximate surface area is 196 Å². The summed E-state index contributed by atoms with van der Waals surface area (Å²) in [7, 11) is 0. The third-order valence-electron chi connectivity index (χ3n) is 4.68. The predicted molar refractivity (Wildman–Crippen MR) is 117 cm³/mol. The third-order valence-corrected chi connectivity index (χ3v) is 5.15. The lowest BCUT2D eigenvalue weighted by Crippen LogP contribution is -2.20. The first-order chi connectivity index (χ1) is 15.9. The molecule has 176 valence electrons. The summed E-state index contributed by atoms with van der Waals surface area (Å²) in [6.07, 6.45) is -6.47. The molecule has 2 aromatic carbocycles. The summed E-state index contributed by atoms with van der Waals surface area (Å²) in [5.41, 5.74) is -1.54. The smallest absolute Gasteiger partial charge is 0.308 e. The van der Waals surface area contributed by atoms with Crippen LogP contribution in [0.25, 0.3) is 16.9 Å². The van der Waals surface area contributed by atoms with Crippen molar-refractivity contribution in [2.45, 2.75) is 12.4 Å². The first-order valence-electron chi connectivity index (χ1n) is 9.51. The molecule has 0 aliphatic heterocycles. The van der Waals surface area contributed by atoms with E-state index in [0.29, 0.717) is 29.0 Å². The molecule has 0 aliphatic rings. The minimum atomic E-state index is -5.02. The standard InChI is InChI=1S/C22H13BrF6N4O/c23-15-4-5-19-32-18(11-33(19)10-15)12-2-1-3-16(6-12)30-20(34)31-17-8-13(21(24,25)26)7-14(9-17)22(27,28)29/h1-11H,(H2,30,31,34). The Balaban J connectivity index is 1.55. The number of rotatable bonds is 3. The third kappa shape index (κ3) is 5.33. The van der Waals surface area contributed by atoms with Gasteiger partial charge in [-0.3, -0.25) is 0 Å². The van der Waals surface area contributed by atoms with Crippen molar-refractivity contribution < 1.29 is 31.1 Å². The van der Waals surface area contributed by atoms with E-state index >= 15 is 0 Å². The first-order valence-corrected chi connectivity index (χ1v) is 10.3. The van der Waals surface area contributed by atoms with Gasteiger partial charge in [0.1, 0.15) is 5.65 Å². The second-order valence-corrected chi connectivity index (χ2v) is 8.11. The van der Waals surface area contributed by atoms with Gasteiger partial charge in [0, 0.05) is 33.8 Å². The lowest BCUT2D eigenvalue weighted by Gasteiger charge is -2.15. The van der Waals surface area contributed by atoms with E-state index in [1.54, 1.807) is 34.9 Å². The van der Waals surface area contributed by atoms with Crippen LogP contribution in [0.2, 0.25) is 0 Å². The van der Waals surface area contributed by atoms with Crippen LogP contribution in [0, 0.1) is 0 Å². The molecule has 2 N–H and O–H groups in total. The Kier molecular flexibility index (Phi) is 6.02. The van der Waals surface area contributed by atoms with Gasteiger partial charge in [0.05, 0.1) is 16.8 Å². The summed E-state index contributed by atoms with van der Waals surface area (Å²) < 4.78 is 80.8. The number of alkyl halides is 6. The van der Waals surface area contributed by atoms with E-state index in [1.807, 2.05) is 17.6 Å². The van der Waals surface area contributed by atoms with Gasteiger partial charge in [0.2, 0.25) is 0 Å². The topological polar surface area (TPSA) is 58.4 Å². The molecule has 0 atom stereocenters. The van der Waals surface area contributed by atoms with Crippen LogP contribution in [0.15, 0.2) is 71.5 Å². The molecule has 2 heterocycles. The van der Waals surface area contributed by atoms with E-state index in [1.165, 1.54) is 6.07 Å². The monoisotopic (exact) mass is 542 g/mol. The number of hydrogen-bond donors (Lipinski definition) is 2. The number of fused-ring (bicyclic) bond motifs is 1. The van der Waals surface area contributed by atoms with Crippen molar-refractivity contribution in [2.24, 2.45) is 0 Å². The van der Waals surface area contributed by atoms with E-state index in [0.717, 1.165) is 4.47 Å². The van der Waals surface area contributed by atoms with Crippen LogP contribution in [0.3, 0.4) is 0 Å². The summed E-state index contributed by atoms with van der Waals surface area (Å²) in [6, 6.07) is 9.91. The Hall–Kier alpha value is -3.54. The van der Waals surface area contributed by atoms with Gasteiger partial charge in [-0.25, -0.2) is 9.78 Å². The molecule has 0 saturated carbocycles. The lowest BCUT2D eigenvalue weighted by molar-refractivity contribution is -0.143. The van der Waals surface area contributed by atoms with Crippen LogP contribution in [-0.4, -0.2) is 15.4 Å². The molecule has 2 amide bonds. The van der Waals surface area contributed by atoms with Gasteiger partial charge in [-0.15, -0.1) is 0 Å². The van der Waals surface area contributed by atoms with Crippen molar-refractivity contribution >= 4 is 39.0 Å². The van der Waals surface area contributed by atoms with Crippen molar-refractivity contribution in [3.05, 3.63) is 82.6 Å². The number of carbonyl (C=O) groups is 1. The van der Waals surface area contributed by atoms with E-state index < -0.39 is 35.2 Å². The first kappa shape index (κ1) is 23.6. The van der Waals surface area contributed by atoms with Gasteiger partial charge in [-0.2, -0.15) is 26.3 Å². The quantitative estimate of drug-likeness (QED) is 0.264. The number of aromatic nitrogens is 2. The van der Waals surface area contributed by atoms with Crippen LogP contribution >= 0.6 is 15.9 Å². The minimum Gasteiger partial charge on any atom is -0.308 e. The highest BCUT2D eigenvalue weighted by atomic mass is 79.9. The number of amides is 2. The van der Waals surface area contributed by atoms with Gasteiger partial charge in [-0.1, -0.05) is 12.1 Å². The second kappa shape index (κ2) is 8.67. The van der Waals surface area contributed by atoms with Gasteiger partial charge in [-0.05, 0) is 58.4 Å². The fourth-order valence-corrected chi connectivity index (χ4v) is 3.53. The van der Waals surface area contributed by atoms with E-state index in [4.69, 9.17) is 0 Å². The largest absolute Gasteiger partial charge is 0.416 e. The van der Waals surface area contributed by atoms with Crippen molar-refractivity contribution in [3.63, 3.8) is 0 Å². The minimum absolute atomic E-state index is 0.0139. The van der Waals surface area contributed by atoms with Crippen molar-refractivity contribution in [1.82, 2.24) is 9.38 Å². The summed E-state index contributed by atoms with van der Waals surface area (Å²) >= 11 is 3.37. The highest BCUT2D eigenvalue weighted by Crippen LogP contribution is 2.37.